The van der Waals surface area contributed by atoms with Crippen LogP contribution in [0.4, 0.5) is 0 Å². The molecule has 1 N–H and O–H groups in total. The van der Waals surface area contributed by atoms with Crippen molar-refractivity contribution in [2.45, 2.75) is 66.2 Å². The quantitative estimate of drug-likeness (QED) is 0.191. The molecule has 0 atom stereocenters. The monoisotopic (exact) mass is 912 g/mol. The van der Waals surface area contributed by atoms with Crippen LogP contribution < -0.4 is 4.98 Å². The average molecular weight is 913 g/mol. The Hall–Kier alpha value is -5.51. The summed E-state index contributed by atoms with van der Waals surface area (Å²) in [6.07, 6.45) is 0. The van der Waals surface area contributed by atoms with E-state index >= 15 is 0 Å². The van der Waals surface area contributed by atoms with Crippen molar-refractivity contribution in [2.24, 2.45) is 0 Å². The fraction of sp³-hybridized carbons (Fsp3) is 0.200. The van der Waals surface area contributed by atoms with E-state index in [1.807, 2.05) is 18.2 Å². The normalized spacial score (nSPS) is 12.2. The van der Waals surface area contributed by atoms with Crippen molar-refractivity contribution in [3.8, 4) is 45.2 Å². The third-order valence-corrected chi connectivity index (χ3v) is 10.9. The van der Waals surface area contributed by atoms with Gasteiger partial charge < -0.3 is 10.1 Å². The minimum absolute atomic E-state index is 0. The van der Waals surface area contributed by atoms with E-state index in [2.05, 4.69) is 157 Å². The number of fused-ring (bicyclic) bond motifs is 5. The molecule has 0 amide bonds. The van der Waals surface area contributed by atoms with E-state index in [4.69, 9.17) is 15.0 Å². The van der Waals surface area contributed by atoms with Crippen LogP contribution in [0.5, 0.6) is 5.75 Å². The Morgan fingerprint density at radius 1 is 0.571 bits per heavy atom. The second-order valence-corrected chi connectivity index (χ2v) is 17.1. The molecule has 0 unspecified atom stereocenters. The molecule has 0 fully saturated rings. The molecule has 0 aliphatic heterocycles. The van der Waals surface area contributed by atoms with E-state index in [9.17, 15) is 5.11 Å². The van der Waals surface area contributed by atoms with Crippen LogP contribution in [-0.4, -0.2) is 19.6 Å². The number of rotatable bonds is 4. The summed E-state index contributed by atoms with van der Waals surface area (Å²) in [6.45, 7) is 17.8. The van der Waals surface area contributed by atoms with Gasteiger partial charge in [-0.3, -0.25) is 4.57 Å². The molecule has 0 aliphatic rings. The Morgan fingerprint density at radius 2 is 1.27 bits per heavy atom. The molecule has 3 aromatic heterocycles. The number of nitrogens with zero attached hydrogens (tertiary/aromatic N) is 4. The zero-order valence-electron chi connectivity index (χ0n) is 33.1. The standard InChI is InChI=1S/C50H45N4O.Pt/c1-29-22-30(2)24-31(23-29)37-28-42(52-47-35(37)16-13-19-44(47)55)36-17-12-18-43-46(36)53-48(54(43)34-14-10-9-11-15-34)40-27-33(50(6,7)8)26-39-38-25-32(49(3,4)5)20-21-41(38)51-45(39)40;/h9-28H,1-8H3,(H-,51,52,53,55);/q-1;. The van der Waals surface area contributed by atoms with Gasteiger partial charge in [0.1, 0.15) is 17.1 Å². The third kappa shape index (κ3) is 6.32. The van der Waals surface area contributed by atoms with Crippen LogP contribution in [0.15, 0.2) is 121 Å². The zero-order chi connectivity index (χ0) is 38.4. The number of imidazole rings is 1. The Bertz CT molecular complexity index is 2960. The predicted molar refractivity (Wildman–Crippen MR) is 230 cm³/mol. The Balaban J connectivity index is 0.00000441. The van der Waals surface area contributed by atoms with E-state index in [0.717, 1.165) is 77.7 Å². The average Bonchev–Trinajstić information content (AvgIpc) is 3.72. The van der Waals surface area contributed by atoms with Crippen molar-refractivity contribution >= 4 is 43.7 Å². The van der Waals surface area contributed by atoms with E-state index in [-0.39, 0.29) is 37.6 Å². The first-order chi connectivity index (χ1) is 26.2. The van der Waals surface area contributed by atoms with Crippen molar-refractivity contribution < 1.29 is 26.2 Å². The van der Waals surface area contributed by atoms with Crippen LogP contribution in [0.25, 0.3) is 83.2 Å². The minimum Gasteiger partial charge on any atom is -0.656 e. The first-order valence-electron chi connectivity index (χ1n) is 19.1. The van der Waals surface area contributed by atoms with E-state index < -0.39 is 0 Å². The predicted octanol–water partition coefficient (Wildman–Crippen LogP) is 12.8. The first-order valence-corrected chi connectivity index (χ1v) is 19.1. The Kier molecular flexibility index (Phi) is 9.09. The molecule has 3 heterocycles. The molecule has 56 heavy (non-hydrogen) atoms. The summed E-state index contributed by atoms with van der Waals surface area (Å²) in [7, 11) is 0. The third-order valence-electron chi connectivity index (χ3n) is 10.9. The summed E-state index contributed by atoms with van der Waals surface area (Å²) in [5, 5.41) is 14.4. The van der Waals surface area contributed by atoms with Crippen molar-refractivity contribution in [3.63, 3.8) is 0 Å². The van der Waals surface area contributed by atoms with Gasteiger partial charge >= 0.3 is 0 Å². The van der Waals surface area contributed by atoms with Gasteiger partial charge in [-0.15, -0.1) is 11.0 Å². The molecule has 282 valence electrons. The van der Waals surface area contributed by atoms with Crippen molar-refractivity contribution in [2.75, 3.05) is 0 Å². The second kappa shape index (κ2) is 13.6. The van der Waals surface area contributed by atoms with Gasteiger partial charge in [-0.1, -0.05) is 138 Å². The minimum atomic E-state index is -0.121. The largest absolute Gasteiger partial charge is 0.656 e. The van der Waals surface area contributed by atoms with E-state index in [1.165, 1.54) is 22.3 Å². The maximum atomic E-state index is 11.2. The molecule has 9 rings (SSSR count). The van der Waals surface area contributed by atoms with Crippen LogP contribution in [0.2, 0.25) is 0 Å². The summed E-state index contributed by atoms with van der Waals surface area (Å²) >= 11 is 0. The Morgan fingerprint density at radius 3 is 1.98 bits per heavy atom. The molecule has 5 nitrogen and oxygen atoms in total. The fourth-order valence-electron chi connectivity index (χ4n) is 8.07. The number of hydrogen-bond acceptors (Lipinski definition) is 3. The molecule has 9 aromatic rings. The molecule has 0 aliphatic carbocycles. The summed E-state index contributed by atoms with van der Waals surface area (Å²) in [6, 6.07) is 42.5. The van der Waals surface area contributed by atoms with Gasteiger partial charge in [0, 0.05) is 43.3 Å². The summed E-state index contributed by atoms with van der Waals surface area (Å²) in [4.78, 5) is 16.1. The van der Waals surface area contributed by atoms with E-state index in [1.54, 1.807) is 6.07 Å². The summed E-state index contributed by atoms with van der Waals surface area (Å²) < 4.78 is 2.27. The SMILES string of the molecule is Cc1cc(C)cc(-c2cc(-c3cccc4c3nc(-c3cc(C(C)(C)C)cc5c3[n-]c3ccc(C(C)(C)C)cc35)n4-c3ccccc3)nc3c(O)cccc23)c1.[Pt]. The van der Waals surface area contributed by atoms with Gasteiger partial charge in [-0.05, 0) is 94.1 Å². The van der Waals surface area contributed by atoms with Gasteiger partial charge in [0.2, 0.25) is 0 Å². The van der Waals surface area contributed by atoms with Gasteiger partial charge in [0.25, 0.3) is 0 Å². The molecule has 0 radical (unpaired) electrons. The van der Waals surface area contributed by atoms with Crippen molar-refractivity contribution in [3.05, 3.63) is 144 Å². The number of phenols is 1. The van der Waals surface area contributed by atoms with Crippen molar-refractivity contribution in [1.82, 2.24) is 19.5 Å². The van der Waals surface area contributed by atoms with Gasteiger partial charge in [-0.2, -0.15) is 0 Å². The van der Waals surface area contributed by atoms with Crippen LogP contribution >= 0.6 is 0 Å². The number of aromatic hydroxyl groups is 1. The van der Waals surface area contributed by atoms with Gasteiger partial charge in [0.15, 0.2) is 0 Å². The van der Waals surface area contributed by atoms with Crippen LogP contribution in [-0.2, 0) is 31.9 Å². The number of aryl methyl sites for hydroxylation is 2. The first kappa shape index (κ1) is 37.4. The zero-order valence-corrected chi connectivity index (χ0v) is 35.4. The van der Waals surface area contributed by atoms with Crippen LogP contribution in [0, 0.1) is 13.8 Å². The second-order valence-electron chi connectivity index (χ2n) is 17.1. The molecule has 6 heteroatoms. The summed E-state index contributed by atoms with van der Waals surface area (Å²) in [5.74, 6) is 0.972. The van der Waals surface area contributed by atoms with Gasteiger partial charge in [0.05, 0.1) is 16.7 Å². The number of benzene rings is 6. The molecule has 0 spiro atoms. The molecular formula is C50H45N4OPt-. The van der Waals surface area contributed by atoms with Crippen LogP contribution in [0.3, 0.4) is 0 Å². The number of aromatic nitrogens is 4. The molecule has 0 saturated carbocycles. The number of hydrogen-bond donors (Lipinski definition) is 1. The molecule has 0 saturated heterocycles. The number of phenolic OH excluding ortho intramolecular Hbond substituents is 1. The molecule has 0 bridgehead atoms. The summed E-state index contributed by atoms with van der Waals surface area (Å²) in [5.41, 5.74) is 14.8. The van der Waals surface area contributed by atoms with Gasteiger partial charge in [-0.25, -0.2) is 9.97 Å². The van der Waals surface area contributed by atoms with Crippen molar-refractivity contribution in [1.29, 1.82) is 0 Å². The number of pyridine rings is 1. The maximum Gasteiger partial charge on any atom is 0.144 e. The molecular weight excluding hydrogens is 868 g/mol. The fourth-order valence-corrected chi connectivity index (χ4v) is 8.07. The Labute approximate surface area is 342 Å². The molecule has 6 aromatic carbocycles. The smallest absolute Gasteiger partial charge is 0.144 e. The van der Waals surface area contributed by atoms with Crippen LogP contribution in [0.1, 0.15) is 63.8 Å². The topological polar surface area (TPSA) is 65.0 Å². The maximum absolute atomic E-state index is 11.2. The van der Waals surface area contributed by atoms with E-state index in [0.29, 0.717) is 5.52 Å². The number of para-hydroxylation sites is 3.